The summed E-state index contributed by atoms with van der Waals surface area (Å²) < 4.78 is 1.77. The predicted molar refractivity (Wildman–Crippen MR) is 92.7 cm³/mol. The van der Waals surface area contributed by atoms with Crippen LogP contribution in [0.2, 0.25) is 0 Å². The maximum absolute atomic E-state index is 9.11. The molecule has 0 radical (unpaired) electrons. The molecule has 0 aliphatic carbocycles. The monoisotopic (exact) mass is 318 g/mol. The number of nitrogens with zero attached hydrogens (tertiary/aromatic N) is 4. The van der Waals surface area contributed by atoms with E-state index in [2.05, 4.69) is 21.8 Å². The van der Waals surface area contributed by atoms with Crippen LogP contribution >= 0.6 is 0 Å². The van der Waals surface area contributed by atoms with Gasteiger partial charge in [0.25, 0.3) is 0 Å². The van der Waals surface area contributed by atoms with Gasteiger partial charge in [-0.2, -0.15) is 10.4 Å². The van der Waals surface area contributed by atoms with E-state index in [0.29, 0.717) is 11.6 Å². The van der Waals surface area contributed by atoms with Gasteiger partial charge in [-0.25, -0.2) is 9.50 Å². The lowest BCUT2D eigenvalue weighted by molar-refractivity contribution is 0.479. The normalized spacial score (nSPS) is 17.5. The summed E-state index contributed by atoms with van der Waals surface area (Å²) in [4.78, 5) is 4.74. The van der Waals surface area contributed by atoms with Crippen LogP contribution in [0.3, 0.4) is 0 Å². The Morgan fingerprint density at radius 1 is 1.33 bits per heavy atom. The summed E-state index contributed by atoms with van der Waals surface area (Å²) in [6.45, 7) is 2.06. The first-order valence-corrected chi connectivity index (χ1v) is 8.16. The highest BCUT2D eigenvalue weighted by Crippen LogP contribution is 2.25. The average Bonchev–Trinajstić information content (AvgIpc) is 3.06. The fourth-order valence-electron chi connectivity index (χ4n) is 3.10. The minimum atomic E-state index is 0.413. The van der Waals surface area contributed by atoms with Crippen LogP contribution in [0.5, 0.6) is 0 Å². The number of pyridine rings is 2. The molecule has 120 valence electrons. The number of anilines is 1. The Balaban J connectivity index is 1.67. The number of piperidine rings is 1. The predicted octanol–water partition coefficient (Wildman–Crippen LogP) is 2.43. The van der Waals surface area contributed by atoms with Gasteiger partial charge in [-0.05, 0) is 43.7 Å². The molecule has 24 heavy (non-hydrogen) atoms. The van der Waals surface area contributed by atoms with Gasteiger partial charge in [-0.15, -0.1) is 0 Å². The Labute approximate surface area is 140 Å². The summed E-state index contributed by atoms with van der Waals surface area (Å²) in [6.07, 6.45) is 5.93. The van der Waals surface area contributed by atoms with E-state index in [4.69, 9.17) is 10.2 Å². The van der Waals surface area contributed by atoms with E-state index >= 15 is 0 Å². The second-order valence-electron chi connectivity index (χ2n) is 6.01. The molecule has 4 rings (SSSR count). The molecule has 6 nitrogen and oxygen atoms in total. The smallest absolute Gasteiger partial charge is 0.126 e. The van der Waals surface area contributed by atoms with Gasteiger partial charge in [-0.1, -0.05) is 6.07 Å². The molecular weight excluding hydrogens is 300 g/mol. The summed E-state index contributed by atoms with van der Waals surface area (Å²) >= 11 is 0. The van der Waals surface area contributed by atoms with Crippen molar-refractivity contribution in [3.05, 3.63) is 48.3 Å². The van der Waals surface area contributed by atoms with Crippen LogP contribution in [0, 0.1) is 11.3 Å². The zero-order chi connectivity index (χ0) is 16.4. The third-order valence-corrected chi connectivity index (χ3v) is 4.32. The minimum Gasteiger partial charge on any atom is -0.366 e. The number of nitriles is 1. The maximum Gasteiger partial charge on any atom is 0.126 e. The van der Waals surface area contributed by atoms with Gasteiger partial charge >= 0.3 is 0 Å². The zero-order valence-corrected chi connectivity index (χ0v) is 13.2. The SMILES string of the molecule is N#Cc1ccn2ncc(-c3cccc(NC4CCCNC4)n3)c2c1. The van der Waals surface area contributed by atoms with Crippen molar-refractivity contribution in [1.29, 1.82) is 5.26 Å². The minimum absolute atomic E-state index is 0.413. The summed E-state index contributed by atoms with van der Waals surface area (Å²) in [5.74, 6) is 0.872. The first kappa shape index (κ1) is 14.7. The van der Waals surface area contributed by atoms with Crippen LogP contribution in [-0.4, -0.2) is 33.7 Å². The van der Waals surface area contributed by atoms with E-state index in [0.717, 1.165) is 42.1 Å². The molecule has 0 amide bonds. The number of hydrogen-bond donors (Lipinski definition) is 2. The van der Waals surface area contributed by atoms with Crippen LogP contribution in [0.15, 0.2) is 42.7 Å². The van der Waals surface area contributed by atoms with E-state index in [-0.39, 0.29) is 0 Å². The molecule has 0 spiro atoms. The lowest BCUT2D eigenvalue weighted by Gasteiger charge is -2.24. The second kappa shape index (κ2) is 6.30. The van der Waals surface area contributed by atoms with Crippen LogP contribution < -0.4 is 10.6 Å². The molecule has 3 aromatic heterocycles. The number of fused-ring (bicyclic) bond motifs is 1. The molecule has 0 saturated carbocycles. The van der Waals surface area contributed by atoms with Crippen LogP contribution in [0.1, 0.15) is 18.4 Å². The van der Waals surface area contributed by atoms with Crippen LogP contribution in [-0.2, 0) is 0 Å². The van der Waals surface area contributed by atoms with Gasteiger partial charge in [0.15, 0.2) is 0 Å². The molecule has 1 saturated heterocycles. The summed E-state index contributed by atoms with van der Waals surface area (Å²) in [5, 5.41) is 20.4. The number of nitrogens with one attached hydrogen (secondary N) is 2. The summed E-state index contributed by atoms with van der Waals surface area (Å²) in [6, 6.07) is 12.1. The third kappa shape index (κ3) is 2.82. The summed E-state index contributed by atoms with van der Waals surface area (Å²) in [7, 11) is 0. The Hall–Kier alpha value is -2.91. The van der Waals surface area contributed by atoms with Gasteiger partial charge in [0.2, 0.25) is 0 Å². The second-order valence-corrected chi connectivity index (χ2v) is 6.01. The Kier molecular flexibility index (Phi) is 3.85. The Morgan fingerprint density at radius 3 is 3.12 bits per heavy atom. The fourth-order valence-corrected chi connectivity index (χ4v) is 3.10. The van der Waals surface area contributed by atoms with Crippen molar-refractivity contribution in [1.82, 2.24) is 19.9 Å². The highest BCUT2D eigenvalue weighted by atomic mass is 15.2. The standard InChI is InChI=1S/C18H18N6/c19-10-13-6-8-24-17(9-13)15(12-21-24)16-4-1-5-18(23-16)22-14-3-2-7-20-11-14/h1,4-6,8-9,12,14,20H,2-3,7,11H2,(H,22,23). The van der Waals surface area contributed by atoms with Crippen LogP contribution in [0.4, 0.5) is 5.82 Å². The molecule has 1 aliphatic heterocycles. The van der Waals surface area contributed by atoms with E-state index in [1.54, 1.807) is 23.0 Å². The molecule has 1 atom stereocenters. The zero-order valence-electron chi connectivity index (χ0n) is 13.2. The Morgan fingerprint density at radius 2 is 2.29 bits per heavy atom. The molecule has 1 aliphatic rings. The molecule has 3 aromatic rings. The molecule has 0 aromatic carbocycles. The lowest BCUT2D eigenvalue weighted by Crippen LogP contribution is -2.38. The summed E-state index contributed by atoms with van der Waals surface area (Å²) in [5.41, 5.74) is 3.29. The lowest BCUT2D eigenvalue weighted by atomic mass is 10.1. The van der Waals surface area contributed by atoms with E-state index in [1.165, 1.54) is 6.42 Å². The van der Waals surface area contributed by atoms with Gasteiger partial charge in [-0.3, -0.25) is 0 Å². The topological polar surface area (TPSA) is 78.0 Å². The molecule has 6 heteroatoms. The van der Waals surface area contributed by atoms with Gasteiger partial charge in [0.05, 0.1) is 29.0 Å². The molecule has 1 fully saturated rings. The molecule has 4 heterocycles. The van der Waals surface area contributed by atoms with Crippen LogP contribution in [0.25, 0.3) is 16.8 Å². The third-order valence-electron chi connectivity index (χ3n) is 4.32. The number of hydrogen-bond acceptors (Lipinski definition) is 5. The molecule has 2 N–H and O–H groups in total. The van der Waals surface area contributed by atoms with Gasteiger partial charge in [0.1, 0.15) is 5.82 Å². The van der Waals surface area contributed by atoms with Crippen molar-refractivity contribution in [2.75, 3.05) is 18.4 Å². The van der Waals surface area contributed by atoms with Crippen molar-refractivity contribution >= 4 is 11.3 Å². The quantitative estimate of drug-likeness (QED) is 0.775. The van der Waals surface area contributed by atoms with Gasteiger partial charge in [0, 0.05) is 24.3 Å². The molecule has 1 unspecified atom stereocenters. The Bertz CT molecular complexity index is 901. The van der Waals surface area contributed by atoms with E-state index in [1.807, 2.05) is 24.3 Å². The largest absolute Gasteiger partial charge is 0.366 e. The van der Waals surface area contributed by atoms with Crippen molar-refractivity contribution in [2.24, 2.45) is 0 Å². The van der Waals surface area contributed by atoms with Gasteiger partial charge < -0.3 is 10.6 Å². The first-order chi connectivity index (χ1) is 11.8. The number of rotatable bonds is 3. The highest BCUT2D eigenvalue weighted by molar-refractivity contribution is 5.79. The molecule has 0 bridgehead atoms. The molecular formula is C18H18N6. The van der Waals surface area contributed by atoms with Crippen molar-refractivity contribution in [2.45, 2.75) is 18.9 Å². The fraction of sp³-hybridized carbons (Fsp3) is 0.278. The highest BCUT2D eigenvalue weighted by Gasteiger charge is 2.14. The maximum atomic E-state index is 9.11. The van der Waals surface area contributed by atoms with E-state index in [9.17, 15) is 0 Å². The first-order valence-electron chi connectivity index (χ1n) is 8.16. The average molecular weight is 318 g/mol. The van der Waals surface area contributed by atoms with Crippen molar-refractivity contribution in [3.8, 4) is 17.3 Å². The number of aromatic nitrogens is 3. The van der Waals surface area contributed by atoms with E-state index < -0.39 is 0 Å². The van der Waals surface area contributed by atoms with Crippen molar-refractivity contribution in [3.63, 3.8) is 0 Å². The van der Waals surface area contributed by atoms with Crippen molar-refractivity contribution < 1.29 is 0 Å².